The standard InChI is InChI=1S/C43H78NO8P/c1-6-8-10-12-14-16-18-20-22-24-26-28-30-32-34-36-43(46)52-41(40-51-53(47,48)50-38-37-44(3,4)5)39-49-42(45)35-33-31-29-27-25-23-21-19-17-15-13-11-9-7-2/h8,10,14,16,19-22,41H,6-7,9,11-13,15,17-18,23-40H2,1-5H3/p+1/b10-8-,16-14-,21-19-,22-20-/t41-/m1/s1. The van der Waals surface area contributed by atoms with Crippen molar-refractivity contribution in [1.82, 2.24) is 0 Å². The van der Waals surface area contributed by atoms with E-state index in [1.165, 1.54) is 38.5 Å². The summed E-state index contributed by atoms with van der Waals surface area (Å²) in [7, 11) is 1.45. The van der Waals surface area contributed by atoms with E-state index in [-0.39, 0.29) is 32.0 Å². The number of quaternary nitrogens is 1. The van der Waals surface area contributed by atoms with Crippen LogP contribution in [0.4, 0.5) is 0 Å². The summed E-state index contributed by atoms with van der Waals surface area (Å²) in [6, 6.07) is 0. The van der Waals surface area contributed by atoms with Crippen LogP contribution in [0.3, 0.4) is 0 Å². The van der Waals surface area contributed by atoms with Crippen molar-refractivity contribution in [2.75, 3.05) is 47.5 Å². The second-order valence-electron chi connectivity index (χ2n) is 15.0. The highest BCUT2D eigenvalue weighted by molar-refractivity contribution is 7.47. The molecule has 2 atom stereocenters. The highest BCUT2D eigenvalue weighted by Crippen LogP contribution is 2.43. The normalized spacial score (nSPS) is 14.2. The van der Waals surface area contributed by atoms with Gasteiger partial charge in [-0.15, -0.1) is 0 Å². The quantitative estimate of drug-likeness (QED) is 0.0219. The Bertz CT molecular complexity index is 1050. The molecule has 1 N–H and O–H groups in total. The SMILES string of the molecule is CC/C=C\C/C=C\C/C=C\CCCCCCCC(=O)O[C@H](COC(=O)CCCCCCC/C=C\CCCCCCC)COP(=O)(O)OCC[N+](C)(C)C. The number of ether oxygens (including phenoxy) is 2. The molecule has 0 rings (SSSR count). The zero-order valence-corrected chi connectivity index (χ0v) is 35.4. The van der Waals surface area contributed by atoms with Crippen LogP contribution < -0.4 is 0 Å². The summed E-state index contributed by atoms with van der Waals surface area (Å²) in [4.78, 5) is 35.3. The van der Waals surface area contributed by atoms with Crippen LogP contribution in [0, 0.1) is 0 Å². The van der Waals surface area contributed by atoms with Crippen molar-refractivity contribution in [3.05, 3.63) is 48.6 Å². The van der Waals surface area contributed by atoms with E-state index in [1.54, 1.807) is 0 Å². The van der Waals surface area contributed by atoms with E-state index in [4.69, 9.17) is 18.5 Å². The van der Waals surface area contributed by atoms with Gasteiger partial charge in [-0.2, -0.15) is 0 Å². The average molecular weight is 769 g/mol. The van der Waals surface area contributed by atoms with Gasteiger partial charge in [0.1, 0.15) is 19.8 Å². The van der Waals surface area contributed by atoms with Gasteiger partial charge in [0, 0.05) is 12.8 Å². The first-order chi connectivity index (χ1) is 25.5. The Morgan fingerprint density at radius 3 is 1.62 bits per heavy atom. The second kappa shape index (κ2) is 35.7. The summed E-state index contributed by atoms with van der Waals surface area (Å²) >= 11 is 0. The fourth-order valence-corrected chi connectivity index (χ4v) is 6.06. The van der Waals surface area contributed by atoms with Crippen LogP contribution in [0.2, 0.25) is 0 Å². The molecule has 1 unspecified atom stereocenters. The Hall–Kier alpha value is -2.03. The van der Waals surface area contributed by atoms with Crippen LogP contribution in [-0.2, 0) is 32.7 Å². The monoisotopic (exact) mass is 769 g/mol. The van der Waals surface area contributed by atoms with Gasteiger partial charge in [-0.25, -0.2) is 4.57 Å². The van der Waals surface area contributed by atoms with Gasteiger partial charge in [0.2, 0.25) is 0 Å². The fraction of sp³-hybridized carbons (Fsp3) is 0.767. The lowest BCUT2D eigenvalue weighted by Gasteiger charge is -2.24. The number of rotatable bonds is 37. The van der Waals surface area contributed by atoms with Gasteiger partial charge in [-0.3, -0.25) is 18.6 Å². The number of carbonyl (C=O) groups is 2. The first kappa shape index (κ1) is 51.0. The number of hydrogen-bond acceptors (Lipinski definition) is 7. The number of hydrogen-bond donors (Lipinski definition) is 1. The van der Waals surface area contributed by atoms with Crippen molar-refractivity contribution in [3.63, 3.8) is 0 Å². The number of phosphoric ester groups is 1. The summed E-state index contributed by atoms with van der Waals surface area (Å²) in [5.74, 6) is -0.832. The molecule has 0 aliphatic carbocycles. The zero-order chi connectivity index (χ0) is 39.3. The van der Waals surface area contributed by atoms with Crippen molar-refractivity contribution < 1.29 is 42.1 Å². The molecule has 0 aromatic rings. The lowest BCUT2D eigenvalue weighted by molar-refractivity contribution is -0.870. The van der Waals surface area contributed by atoms with Gasteiger partial charge >= 0.3 is 19.8 Å². The Morgan fingerprint density at radius 1 is 0.604 bits per heavy atom. The number of likely N-dealkylation sites (N-methyl/N-ethyl adjacent to an activating group) is 1. The largest absolute Gasteiger partial charge is 0.472 e. The highest BCUT2D eigenvalue weighted by atomic mass is 31.2. The fourth-order valence-electron chi connectivity index (χ4n) is 5.32. The van der Waals surface area contributed by atoms with Crippen molar-refractivity contribution in [1.29, 1.82) is 0 Å². The van der Waals surface area contributed by atoms with Crippen LogP contribution >= 0.6 is 7.82 Å². The van der Waals surface area contributed by atoms with Gasteiger partial charge in [0.25, 0.3) is 0 Å². The second-order valence-corrected chi connectivity index (χ2v) is 16.4. The molecule has 0 amide bonds. The third-order valence-electron chi connectivity index (χ3n) is 8.59. The van der Waals surface area contributed by atoms with E-state index >= 15 is 0 Å². The maximum atomic E-state index is 12.7. The van der Waals surface area contributed by atoms with Crippen molar-refractivity contribution in [3.8, 4) is 0 Å². The maximum Gasteiger partial charge on any atom is 0.472 e. The zero-order valence-electron chi connectivity index (χ0n) is 34.5. The molecule has 0 aliphatic rings. The predicted molar refractivity (Wildman–Crippen MR) is 220 cm³/mol. The first-order valence-electron chi connectivity index (χ1n) is 20.9. The van der Waals surface area contributed by atoms with Gasteiger partial charge in [-0.1, -0.05) is 127 Å². The van der Waals surface area contributed by atoms with Gasteiger partial charge in [-0.05, 0) is 70.6 Å². The molecular weight excluding hydrogens is 689 g/mol. The van der Waals surface area contributed by atoms with Gasteiger partial charge in [0.05, 0.1) is 27.7 Å². The summed E-state index contributed by atoms with van der Waals surface area (Å²) in [5, 5.41) is 0. The van der Waals surface area contributed by atoms with E-state index in [2.05, 4.69) is 62.5 Å². The van der Waals surface area contributed by atoms with Crippen LogP contribution in [0.15, 0.2) is 48.6 Å². The molecule has 0 radical (unpaired) electrons. The molecule has 0 aromatic heterocycles. The average Bonchev–Trinajstić information content (AvgIpc) is 3.10. The molecule has 0 saturated heterocycles. The van der Waals surface area contributed by atoms with Crippen LogP contribution in [-0.4, -0.2) is 74.9 Å². The van der Waals surface area contributed by atoms with E-state index in [9.17, 15) is 19.0 Å². The van der Waals surface area contributed by atoms with E-state index < -0.39 is 26.5 Å². The van der Waals surface area contributed by atoms with Crippen molar-refractivity contribution in [2.24, 2.45) is 0 Å². The van der Waals surface area contributed by atoms with Crippen LogP contribution in [0.5, 0.6) is 0 Å². The number of phosphoric acid groups is 1. The van der Waals surface area contributed by atoms with Crippen LogP contribution in [0.1, 0.15) is 162 Å². The topological polar surface area (TPSA) is 108 Å². The summed E-state index contributed by atoms with van der Waals surface area (Å²) < 4.78 is 34.2. The minimum Gasteiger partial charge on any atom is -0.462 e. The van der Waals surface area contributed by atoms with E-state index in [0.717, 1.165) is 89.9 Å². The first-order valence-corrected chi connectivity index (χ1v) is 22.4. The number of nitrogens with zero attached hydrogens (tertiary/aromatic N) is 1. The Labute approximate surface area is 324 Å². The van der Waals surface area contributed by atoms with Crippen LogP contribution in [0.25, 0.3) is 0 Å². The smallest absolute Gasteiger partial charge is 0.462 e. The summed E-state index contributed by atoms with van der Waals surface area (Å²) in [6.07, 6.45) is 40.1. The Morgan fingerprint density at radius 2 is 1.08 bits per heavy atom. The molecule has 53 heavy (non-hydrogen) atoms. The number of esters is 2. The van der Waals surface area contributed by atoms with Crippen molar-refractivity contribution in [2.45, 2.75) is 168 Å². The Kier molecular flexibility index (Phi) is 34.3. The van der Waals surface area contributed by atoms with E-state index in [0.29, 0.717) is 17.4 Å². The molecule has 0 saturated carbocycles. The molecular formula is C43H79NO8P+. The third kappa shape index (κ3) is 39.5. The Balaban J connectivity index is 4.44. The third-order valence-corrected chi connectivity index (χ3v) is 9.58. The van der Waals surface area contributed by atoms with Gasteiger partial charge < -0.3 is 18.9 Å². The maximum absolute atomic E-state index is 12.7. The molecule has 9 nitrogen and oxygen atoms in total. The lowest BCUT2D eigenvalue weighted by atomic mass is 10.1. The number of carbonyl (C=O) groups excluding carboxylic acids is 2. The highest BCUT2D eigenvalue weighted by Gasteiger charge is 2.27. The predicted octanol–water partition coefficient (Wildman–Crippen LogP) is 11.5. The minimum absolute atomic E-state index is 0.0252. The summed E-state index contributed by atoms with van der Waals surface area (Å²) in [5.41, 5.74) is 0. The molecule has 0 aromatic carbocycles. The molecule has 0 heterocycles. The lowest BCUT2D eigenvalue weighted by Crippen LogP contribution is -2.37. The summed E-state index contributed by atoms with van der Waals surface area (Å²) in [6.45, 7) is 4.25. The number of unbranched alkanes of at least 4 members (excludes halogenated alkanes) is 15. The molecule has 0 bridgehead atoms. The molecule has 0 aliphatic heterocycles. The minimum atomic E-state index is -4.38. The van der Waals surface area contributed by atoms with Gasteiger partial charge in [0.15, 0.2) is 6.10 Å². The number of allylic oxidation sites excluding steroid dienone is 8. The molecule has 0 fully saturated rings. The van der Waals surface area contributed by atoms with Crippen molar-refractivity contribution >= 4 is 19.8 Å². The van der Waals surface area contributed by atoms with E-state index in [1.807, 2.05) is 21.1 Å². The molecule has 10 heteroatoms. The molecule has 308 valence electrons. The molecule has 0 spiro atoms.